The third-order valence-electron chi connectivity index (χ3n) is 3.11. The van der Waals surface area contributed by atoms with Crippen molar-refractivity contribution >= 4 is 11.7 Å². The van der Waals surface area contributed by atoms with Gasteiger partial charge in [-0.15, -0.1) is 0 Å². The number of benzene rings is 1. The van der Waals surface area contributed by atoms with Crippen LogP contribution in [0.2, 0.25) is 0 Å². The summed E-state index contributed by atoms with van der Waals surface area (Å²) in [5.41, 5.74) is 0.544. The number of hydrogen-bond acceptors (Lipinski definition) is 3. The van der Waals surface area contributed by atoms with E-state index in [1.165, 1.54) is 6.07 Å². The van der Waals surface area contributed by atoms with Gasteiger partial charge < -0.3 is 15.6 Å². The molecular formula is C12H13NO3. The summed E-state index contributed by atoms with van der Waals surface area (Å²) in [6, 6.07) is 4.70. The molecule has 0 heterocycles. The van der Waals surface area contributed by atoms with Crippen LogP contribution >= 0.6 is 0 Å². The van der Waals surface area contributed by atoms with Gasteiger partial charge in [-0.2, -0.15) is 0 Å². The summed E-state index contributed by atoms with van der Waals surface area (Å²) in [4.78, 5) is 11.1. The normalized spacial score (nSPS) is 16.8. The monoisotopic (exact) mass is 219 g/mol. The van der Waals surface area contributed by atoms with Gasteiger partial charge in [0.25, 0.3) is 0 Å². The van der Waals surface area contributed by atoms with Gasteiger partial charge in [0.2, 0.25) is 0 Å². The van der Waals surface area contributed by atoms with E-state index in [2.05, 4.69) is 0 Å². The molecule has 0 atom stereocenters. The summed E-state index contributed by atoms with van der Waals surface area (Å²) in [7, 11) is 0. The first-order valence-corrected chi connectivity index (χ1v) is 5.10. The first-order chi connectivity index (χ1) is 7.47. The van der Waals surface area contributed by atoms with Crippen LogP contribution in [0.5, 0.6) is 5.75 Å². The topological polar surface area (TPSA) is 81.4 Å². The molecule has 0 aromatic heterocycles. The number of phenolic OH excluding ortho intramolecular Hbond substituents is 1. The molecule has 1 aromatic carbocycles. The number of carbonyl (C=O) groups is 1. The number of hydrogen-bond donors (Lipinski definition) is 3. The molecule has 1 aromatic rings. The Balaban J connectivity index is 2.48. The smallest absolute Gasteiger partial charge is 0.314 e. The van der Waals surface area contributed by atoms with Crippen molar-refractivity contribution in [3.05, 3.63) is 29.3 Å². The minimum Gasteiger partial charge on any atom is -0.507 e. The molecule has 1 fully saturated rings. The second-order valence-corrected chi connectivity index (χ2v) is 4.24. The maximum absolute atomic E-state index is 11.1. The first-order valence-electron chi connectivity index (χ1n) is 5.10. The van der Waals surface area contributed by atoms with Crippen LogP contribution in [0, 0.1) is 5.41 Å². The van der Waals surface area contributed by atoms with E-state index in [-0.39, 0.29) is 11.5 Å². The third kappa shape index (κ3) is 1.46. The molecule has 2 rings (SSSR count). The lowest BCUT2D eigenvalue weighted by atomic mass is 9.93. The van der Waals surface area contributed by atoms with Crippen LogP contribution in [-0.4, -0.2) is 21.9 Å². The van der Waals surface area contributed by atoms with Gasteiger partial charge in [0.05, 0.1) is 5.41 Å². The van der Waals surface area contributed by atoms with Crippen molar-refractivity contribution in [3.8, 4) is 5.75 Å². The molecule has 4 heteroatoms. The largest absolute Gasteiger partial charge is 0.507 e. The molecule has 1 aliphatic rings. The van der Waals surface area contributed by atoms with Gasteiger partial charge in [-0.1, -0.05) is 6.07 Å². The summed E-state index contributed by atoms with van der Waals surface area (Å²) in [5, 5.41) is 26.2. The number of rotatable bonds is 3. The molecular weight excluding hydrogens is 206 g/mol. The zero-order valence-electron chi connectivity index (χ0n) is 8.95. The van der Waals surface area contributed by atoms with Crippen molar-refractivity contribution < 1.29 is 15.0 Å². The van der Waals surface area contributed by atoms with E-state index >= 15 is 0 Å². The lowest BCUT2D eigenvalue weighted by molar-refractivity contribution is -0.140. The van der Waals surface area contributed by atoms with Crippen molar-refractivity contribution in [1.82, 2.24) is 0 Å². The van der Waals surface area contributed by atoms with E-state index in [0.29, 0.717) is 24.0 Å². The van der Waals surface area contributed by atoms with Crippen molar-refractivity contribution in [2.45, 2.75) is 25.2 Å². The summed E-state index contributed by atoms with van der Waals surface area (Å²) in [6.07, 6.45) is 1.26. The second kappa shape index (κ2) is 3.33. The van der Waals surface area contributed by atoms with Crippen molar-refractivity contribution in [1.29, 1.82) is 5.41 Å². The van der Waals surface area contributed by atoms with Crippen LogP contribution in [0.25, 0.3) is 0 Å². The zero-order chi connectivity index (χ0) is 11.9. The van der Waals surface area contributed by atoms with E-state index in [9.17, 15) is 9.90 Å². The van der Waals surface area contributed by atoms with Gasteiger partial charge in [-0.3, -0.25) is 4.79 Å². The SMILES string of the molecule is CC(=N)c1cc(C2(C(=O)O)CC2)ccc1O. The van der Waals surface area contributed by atoms with Gasteiger partial charge in [-0.05, 0) is 37.5 Å². The quantitative estimate of drug-likeness (QED) is 0.679. The van der Waals surface area contributed by atoms with Crippen LogP contribution in [0.4, 0.5) is 0 Å². The minimum atomic E-state index is -0.827. The Morgan fingerprint density at radius 1 is 1.44 bits per heavy atom. The summed E-state index contributed by atoms with van der Waals surface area (Å²) in [5.74, 6) is -0.802. The summed E-state index contributed by atoms with van der Waals surface area (Å²) < 4.78 is 0. The van der Waals surface area contributed by atoms with E-state index in [0.717, 1.165) is 0 Å². The number of nitrogens with one attached hydrogen (secondary N) is 1. The highest BCUT2D eigenvalue weighted by atomic mass is 16.4. The minimum absolute atomic E-state index is 0.0254. The Hall–Kier alpha value is -1.84. The lowest BCUT2D eigenvalue weighted by Gasteiger charge is -2.12. The van der Waals surface area contributed by atoms with Gasteiger partial charge >= 0.3 is 5.97 Å². The van der Waals surface area contributed by atoms with Crippen molar-refractivity contribution in [2.24, 2.45) is 0 Å². The van der Waals surface area contributed by atoms with E-state index in [1.54, 1.807) is 19.1 Å². The zero-order valence-corrected chi connectivity index (χ0v) is 8.95. The highest BCUT2D eigenvalue weighted by Crippen LogP contribution is 2.49. The number of aliphatic carboxylic acids is 1. The third-order valence-corrected chi connectivity index (χ3v) is 3.11. The van der Waals surface area contributed by atoms with Gasteiger partial charge in [0, 0.05) is 11.3 Å². The predicted octanol–water partition coefficient (Wildman–Crippen LogP) is 1.90. The molecule has 1 saturated carbocycles. The molecule has 16 heavy (non-hydrogen) atoms. The molecule has 1 aliphatic carbocycles. The van der Waals surface area contributed by atoms with Gasteiger partial charge in [0.15, 0.2) is 0 Å². The number of carboxylic acid groups (broad SMARTS) is 1. The number of carboxylic acids is 1. The van der Waals surface area contributed by atoms with Crippen molar-refractivity contribution in [3.63, 3.8) is 0 Å². The second-order valence-electron chi connectivity index (χ2n) is 4.24. The van der Waals surface area contributed by atoms with E-state index in [1.807, 2.05) is 0 Å². The van der Waals surface area contributed by atoms with Crippen LogP contribution < -0.4 is 0 Å². The first kappa shape index (κ1) is 10.7. The Bertz CT molecular complexity index is 475. The Morgan fingerprint density at radius 2 is 2.06 bits per heavy atom. The molecule has 0 unspecified atom stereocenters. The highest BCUT2D eigenvalue weighted by Gasteiger charge is 2.51. The van der Waals surface area contributed by atoms with Gasteiger partial charge in [-0.25, -0.2) is 0 Å². The molecule has 0 aliphatic heterocycles. The van der Waals surface area contributed by atoms with Crippen LogP contribution in [-0.2, 0) is 10.2 Å². The van der Waals surface area contributed by atoms with Crippen LogP contribution in [0.15, 0.2) is 18.2 Å². The average molecular weight is 219 g/mol. The highest BCUT2D eigenvalue weighted by molar-refractivity contribution is 5.99. The molecule has 0 radical (unpaired) electrons. The van der Waals surface area contributed by atoms with Crippen LogP contribution in [0.1, 0.15) is 30.9 Å². The molecule has 0 bridgehead atoms. The standard InChI is InChI=1S/C12H13NO3/c1-7(13)9-6-8(2-3-10(9)14)12(4-5-12)11(15)16/h2-3,6,13-14H,4-5H2,1H3,(H,15,16). The maximum atomic E-state index is 11.1. The fourth-order valence-corrected chi connectivity index (χ4v) is 1.89. The van der Waals surface area contributed by atoms with Crippen LogP contribution in [0.3, 0.4) is 0 Å². The van der Waals surface area contributed by atoms with E-state index < -0.39 is 11.4 Å². The van der Waals surface area contributed by atoms with E-state index in [4.69, 9.17) is 10.5 Å². The molecule has 0 amide bonds. The molecule has 3 N–H and O–H groups in total. The van der Waals surface area contributed by atoms with Gasteiger partial charge in [0.1, 0.15) is 5.75 Å². The predicted molar refractivity (Wildman–Crippen MR) is 59.2 cm³/mol. The summed E-state index contributed by atoms with van der Waals surface area (Å²) >= 11 is 0. The Kier molecular flexibility index (Phi) is 2.22. The number of aromatic hydroxyl groups is 1. The molecule has 0 saturated heterocycles. The average Bonchev–Trinajstić information content (AvgIpc) is 2.98. The molecule has 0 spiro atoms. The lowest BCUT2D eigenvalue weighted by Crippen LogP contribution is -2.19. The van der Waals surface area contributed by atoms with Crippen molar-refractivity contribution in [2.75, 3.05) is 0 Å². The molecule has 4 nitrogen and oxygen atoms in total. The fourth-order valence-electron chi connectivity index (χ4n) is 1.89. The molecule has 84 valence electrons. The fraction of sp³-hybridized carbons (Fsp3) is 0.333. The Labute approximate surface area is 93.1 Å². The Morgan fingerprint density at radius 3 is 2.50 bits per heavy atom. The summed E-state index contributed by atoms with van der Waals surface area (Å²) in [6.45, 7) is 1.57. The number of phenols is 1. The maximum Gasteiger partial charge on any atom is 0.314 e.